The fraction of sp³-hybridized carbons (Fsp3) is 0.176. The topological polar surface area (TPSA) is 64.6 Å². The van der Waals surface area contributed by atoms with Crippen molar-refractivity contribution in [2.24, 2.45) is 0 Å². The van der Waals surface area contributed by atoms with Crippen LogP contribution in [0.1, 0.15) is 17.3 Å². The third kappa shape index (κ3) is 4.78. The highest BCUT2D eigenvalue weighted by Crippen LogP contribution is 2.32. The molecule has 0 aromatic heterocycles. The average Bonchev–Trinajstić information content (AvgIpc) is 2.59. The first-order chi connectivity index (χ1) is 11.8. The van der Waals surface area contributed by atoms with Crippen molar-refractivity contribution < 1.29 is 19.1 Å². The highest BCUT2D eigenvalue weighted by molar-refractivity contribution is 6.44. The number of hydrogen-bond acceptors (Lipinski definition) is 4. The van der Waals surface area contributed by atoms with E-state index in [1.165, 1.54) is 26.2 Å². The normalized spacial score (nSPS) is 11.6. The molecule has 0 aliphatic rings. The van der Waals surface area contributed by atoms with Gasteiger partial charge in [0.15, 0.2) is 6.10 Å². The molecule has 1 N–H and O–H groups in total. The molecule has 1 unspecified atom stereocenters. The van der Waals surface area contributed by atoms with Crippen LogP contribution >= 0.6 is 34.8 Å². The van der Waals surface area contributed by atoms with Gasteiger partial charge in [-0.1, -0.05) is 46.9 Å². The van der Waals surface area contributed by atoms with Crippen LogP contribution in [0.2, 0.25) is 15.1 Å². The Hall–Kier alpha value is -1.95. The van der Waals surface area contributed by atoms with Gasteiger partial charge < -0.3 is 14.8 Å². The Labute approximate surface area is 159 Å². The molecular formula is C17H14Cl3NO4. The van der Waals surface area contributed by atoms with Gasteiger partial charge in [-0.3, -0.25) is 4.79 Å². The Morgan fingerprint density at radius 3 is 2.36 bits per heavy atom. The van der Waals surface area contributed by atoms with Crippen molar-refractivity contribution in [3.05, 3.63) is 57.0 Å². The lowest BCUT2D eigenvalue weighted by Crippen LogP contribution is -2.30. The molecule has 0 fully saturated rings. The summed E-state index contributed by atoms with van der Waals surface area (Å²) >= 11 is 17.8. The first-order valence-electron chi connectivity index (χ1n) is 7.13. The van der Waals surface area contributed by atoms with E-state index in [-0.39, 0.29) is 26.3 Å². The molecule has 5 nitrogen and oxygen atoms in total. The van der Waals surface area contributed by atoms with Crippen LogP contribution in [0.4, 0.5) is 5.69 Å². The molecule has 1 atom stereocenters. The maximum atomic E-state index is 12.2. The van der Waals surface area contributed by atoms with Gasteiger partial charge in [0.2, 0.25) is 0 Å². The van der Waals surface area contributed by atoms with Crippen LogP contribution in [0, 0.1) is 0 Å². The summed E-state index contributed by atoms with van der Waals surface area (Å²) in [6.45, 7) is 1.44. The molecule has 0 bridgehead atoms. The Bertz CT molecular complexity index is 810. The second-order valence-electron chi connectivity index (χ2n) is 4.98. The van der Waals surface area contributed by atoms with E-state index in [0.717, 1.165) is 0 Å². The Balaban J connectivity index is 2.08. The number of hydrogen-bond donors (Lipinski definition) is 1. The summed E-state index contributed by atoms with van der Waals surface area (Å²) in [6.07, 6.45) is -1.07. The summed E-state index contributed by atoms with van der Waals surface area (Å²) in [6, 6.07) is 9.38. The smallest absolute Gasteiger partial charge is 0.342 e. The van der Waals surface area contributed by atoms with Gasteiger partial charge in [0, 0.05) is 0 Å². The van der Waals surface area contributed by atoms with E-state index in [0.29, 0.717) is 5.75 Å². The predicted molar refractivity (Wildman–Crippen MR) is 98.0 cm³/mol. The number of anilines is 1. The second kappa shape index (κ2) is 8.43. The Morgan fingerprint density at radius 1 is 1.04 bits per heavy atom. The lowest BCUT2D eigenvalue weighted by molar-refractivity contribution is -0.123. The van der Waals surface area contributed by atoms with Crippen molar-refractivity contribution in [1.29, 1.82) is 0 Å². The van der Waals surface area contributed by atoms with Gasteiger partial charge in [0.25, 0.3) is 5.91 Å². The second-order valence-corrected chi connectivity index (χ2v) is 6.20. The number of halogens is 3. The molecule has 1 amide bonds. The van der Waals surface area contributed by atoms with Crippen LogP contribution in [0.5, 0.6) is 5.75 Å². The van der Waals surface area contributed by atoms with Gasteiger partial charge in [0.05, 0.1) is 27.9 Å². The highest BCUT2D eigenvalue weighted by Gasteiger charge is 2.22. The molecule has 0 spiro atoms. The van der Waals surface area contributed by atoms with Crippen LogP contribution in [0.15, 0.2) is 36.4 Å². The lowest BCUT2D eigenvalue weighted by atomic mass is 10.2. The van der Waals surface area contributed by atoms with E-state index in [1.807, 2.05) is 0 Å². The van der Waals surface area contributed by atoms with E-state index in [1.54, 1.807) is 24.3 Å². The van der Waals surface area contributed by atoms with Crippen LogP contribution < -0.4 is 10.1 Å². The lowest BCUT2D eigenvalue weighted by Gasteiger charge is -2.15. The van der Waals surface area contributed by atoms with E-state index >= 15 is 0 Å². The molecule has 0 aliphatic carbocycles. The zero-order valence-corrected chi connectivity index (χ0v) is 15.6. The van der Waals surface area contributed by atoms with E-state index < -0.39 is 18.0 Å². The van der Waals surface area contributed by atoms with Crippen molar-refractivity contribution >= 4 is 52.4 Å². The quantitative estimate of drug-likeness (QED) is 0.574. The maximum absolute atomic E-state index is 12.2. The third-order valence-electron chi connectivity index (χ3n) is 3.25. The molecule has 0 heterocycles. The first-order valence-corrected chi connectivity index (χ1v) is 8.26. The van der Waals surface area contributed by atoms with E-state index in [4.69, 9.17) is 44.3 Å². The number of carbonyl (C=O) groups is 2. The standard InChI is InChI=1S/C17H14Cl3NO4/c1-9(25-17(23)10-5-3-4-6-15(10)24-2)16(22)21-14-8-12(19)11(18)7-13(14)20/h3-9H,1-2H3,(H,21,22). The number of rotatable bonds is 5. The minimum Gasteiger partial charge on any atom is -0.496 e. The fourth-order valence-corrected chi connectivity index (χ4v) is 2.54. The van der Waals surface area contributed by atoms with Crippen molar-refractivity contribution in [2.75, 3.05) is 12.4 Å². The summed E-state index contributed by atoms with van der Waals surface area (Å²) in [5.41, 5.74) is 0.485. The van der Waals surface area contributed by atoms with Gasteiger partial charge >= 0.3 is 5.97 Å². The minimum absolute atomic E-state index is 0.214. The molecule has 2 rings (SSSR count). The number of nitrogens with one attached hydrogen (secondary N) is 1. The van der Waals surface area contributed by atoms with Crippen LogP contribution in [-0.2, 0) is 9.53 Å². The van der Waals surface area contributed by atoms with Crippen LogP contribution in [0.25, 0.3) is 0 Å². The van der Waals surface area contributed by atoms with Gasteiger partial charge in [-0.2, -0.15) is 0 Å². The summed E-state index contributed by atoms with van der Waals surface area (Å²) in [4.78, 5) is 24.4. The molecule has 132 valence electrons. The van der Waals surface area contributed by atoms with Crippen molar-refractivity contribution in [1.82, 2.24) is 0 Å². The number of para-hydroxylation sites is 1. The van der Waals surface area contributed by atoms with Gasteiger partial charge in [0.1, 0.15) is 11.3 Å². The predicted octanol–water partition coefficient (Wildman–Crippen LogP) is 4.84. The van der Waals surface area contributed by atoms with Crippen molar-refractivity contribution in [3.8, 4) is 5.75 Å². The minimum atomic E-state index is -1.07. The number of carbonyl (C=O) groups excluding carboxylic acids is 2. The molecule has 0 saturated heterocycles. The molecule has 2 aromatic rings. The zero-order valence-electron chi connectivity index (χ0n) is 13.3. The summed E-state index contributed by atoms with van der Waals surface area (Å²) in [5, 5.41) is 3.26. The maximum Gasteiger partial charge on any atom is 0.342 e. The fourth-order valence-electron chi connectivity index (χ4n) is 1.94. The molecular weight excluding hydrogens is 389 g/mol. The SMILES string of the molecule is COc1ccccc1C(=O)OC(C)C(=O)Nc1cc(Cl)c(Cl)cc1Cl. The van der Waals surface area contributed by atoms with Crippen LogP contribution in [0.3, 0.4) is 0 Å². The molecule has 8 heteroatoms. The van der Waals surface area contributed by atoms with E-state index in [2.05, 4.69) is 5.32 Å². The Morgan fingerprint density at radius 2 is 1.68 bits per heavy atom. The number of amides is 1. The average molecular weight is 403 g/mol. The summed E-state index contributed by atoms with van der Waals surface area (Å²) < 4.78 is 10.3. The monoisotopic (exact) mass is 401 g/mol. The number of benzene rings is 2. The number of methoxy groups -OCH3 is 1. The largest absolute Gasteiger partial charge is 0.496 e. The van der Waals surface area contributed by atoms with Gasteiger partial charge in [-0.05, 0) is 31.2 Å². The molecule has 0 radical (unpaired) electrons. The highest BCUT2D eigenvalue weighted by atomic mass is 35.5. The third-order valence-corrected chi connectivity index (χ3v) is 4.28. The van der Waals surface area contributed by atoms with Gasteiger partial charge in [-0.25, -0.2) is 4.79 Å². The van der Waals surface area contributed by atoms with Crippen molar-refractivity contribution in [2.45, 2.75) is 13.0 Å². The van der Waals surface area contributed by atoms with Crippen molar-refractivity contribution in [3.63, 3.8) is 0 Å². The zero-order chi connectivity index (χ0) is 18.6. The molecule has 0 saturated carbocycles. The van der Waals surface area contributed by atoms with Gasteiger partial charge in [-0.15, -0.1) is 0 Å². The summed E-state index contributed by atoms with van der Waals surface area (Å²) in [5.74, 6) is -0.892. The summed E-state index contributed by atoms with van der Waals surface area (Å²) in [7, 11) is 1.44. The molecule has 0 aliphatic heterocycles. The van der Waals surface area contributed by atoms with Crippen LogP contribution in [-0.4, -0.2) is 25.1 Å². The molecule has 2 aromatic carbocycles. The first kappa shape index (κ1) is 19.4. The molecule has 25 heavy (non-hydrogen) atoms. The number of ether oxygens (including phenoxy) is 2. The Kier molecular flexibility index (Phi) is 6.53. The van der Waals surface area contributed by atoms with E-state index in [9.17, 15) is 9.59 Å². The number of esters is 1.